The quantitative estimate of drug-likeness (QED) is 0.415. The van der Waals surface area contributed by atoms with E-state index in [4.69, 9.17) is 10.2 Å². The van der Waals surface area contributed by atoms with Gasteiger partial charge in [-0.15, -0.1) is 11.3 Å². The second kappa shape index (κ2) is 7.95. The van der Waals surface area contributed by atoms with E-state index in [0.717, 1.165) is 11.3 Å². The molecule has 4 aromatic heterocycles. The number of alkyl halides is 2. The van der Waals surface area contributed by atoms with Gasteiger partial charge >= 0.3 is 0 Å². The lowest BCUT2D eigenvalue weighted by atomic mass is 10.1. The number of amides is 2. The average molecular weight is 496 g/mol. The average Bonchev–Trinajstić information content (AvgIpc) is 3.41. The van der Waals surface area contributed by atoms with Crippen LogP contribution in [-0.4, -0.2) is 26.6 Å². The number of carbonyl (C=O) groups is 2. The number of primary amides is 1. The predicted octanol–water partition coefficient (Wildman–Crippen LogP) is 4.19. The zero-order chi connectivity index (χ0) is 21.4. The highest BCUT2D eigenvalue weighted by Gasteiger charge is 2.25. The molecule has 0 spiro atoms. The molecule has 4 heterocycles. The van der Waals surface area contributed by atoms with Crippen LogP contribution in [0.4, 0.5) is 14.5 Å². The number of pyridine rings is 1. The Balaban J connectivity index is 1.85. The Morgan fingerprint density at radius 2 is 2.20 bits per heavy atom. The fraction of sp³-hybridized carbons (Fsp3) is 0.111. The zero-order valence-electron chi connectivity index (χ0n) is 14.9. The predicted molar refractivity (Wildman–Crippen MR) is 109 cm³/mol. The van der Waals surface area contributed by atoms with E-state index in [9.17, 15) is 18.4 Å². The molecule has 0 fully saturated rings. The van der Waals surface area contributed by atoms with Gasteiger partial charge in [-0.05, 0) is 34.1 Å². The number of nitrogens with zero attached hydrogens (tertiary/aromatic N) is 3. The summed E-state index contributed by atoms with van der Waals surface area (Å²) in [6.07, 6.45) is 1.68. The van der Waals surface area contributed by atoms with Gasteiger partial charge in [-0.2, -0.15) is 5.10 Å². The van der Waals surface area contributed by atoms with E-state index >= 15 is 0 Å². The van der Waals surface area contributed by atoms with Crippen molar-refractivity contribution in [1.82, 2.24) is 14.8 Å². The fourth-order valence-corrected chi connectivity index (χ4v) is 4.24. The molecular weight excluding hydrogens is 484 g/mol. The monoisotopic (exact) mass is 495 g/mol. The van der Waals surface area contributed by atoms with Crippen molar-refractivity contribution in [2.24, 2.45) is 5.73 Å². The molecule has 0 saturated carbocycles. The van der Waals surface area contributed by atoms with Crippen molar-refractivity contribution in [1.29, 1.82) is 0 Å². The maximum Gasteiger partial charge on any atom is 0.280 e. The molecule has 8 nitrogen and oxygen atoms in total. The molecule has 3 N–H and O–H groups in total. The van der Waals surface area contributed by atoms with Crippen LogP contribution >= 0.6 is 27.3 Å². The highest BCUT2D eigenvalue weighted by Crippen LogP contribution is 2.42. The minimum Gasteiger partial charge on any atom is -0.464 e. The summed E-state index contributed by atoms with van der Waals surface area (Å²) in [6, 6.07) is 4.35. The summed E-state index contributed by atoms with van der Waals surface area (Å²) in [4.78, 5) is 28.7. The number of hydrogen-bond acceptors (Lipinski definition) is 6. The van der Waals surface area contributed by atoms with Crippen LogP contribution in [0.1, 0.15) is 21.8 Å². The second-order valence-corrected chi connectivity index (χ2v) is 8.04. The molecular formula is C18H12BrF2N5O3S. The molecule has 0 aliphatic heterocycles. The van der Waals surface area contributed by atoms with E-state index in [1.807, 2.05) is 0 Å². The van der Waals surface area contributed by atoms with Crippen LogP contribution in [0.25, 0.3) is 21.5 Å². The number of aromatic nitrogens is 3. The van der Waals surface area contributed by atoms with Gasteiger partial charge in [-0.25, -0.2) is 13.8 Å². The van der Waals surface area contributed by atoms with Crippen molar-refractivity contribution < 1.29 is 22.8 Å². The van der Waals surface area contributed by atoms with E-state index < -0.39 is 23.9 Å². The third-order valence-electron chi connectivity index (χ3n) is 4.09. The van der Waals surface area contributed by atoms with Gasteiger partial charge in [0.05, 0.1) is 22.6 Å². The lowest BCUT2D eigenvalue weighted by Crippen LogP contribution is -2.21. The number of hydrogen-bond donors (Lipinski definition) is 2. The zero-order valence-corrected chi connectivity index (χ0v) is 17.3. The van der Waals surface area contributed by atoms with Crippen molar-refractivity contribution in [2.75, 3.05) is 5.32 Å². The van der Waals surface area contributed by atoms with Crippen molar-refractivity contribution in [3.05, 3.63) is 51.9 Å². The summed E-state index contributed by atoms with van der Waals surface area (Å²) in [5, 5.41) is 6.95. The first kappa shape index (κ1) is 20.2. The van der Waals surface area contributed by atoms with Gasteiger partial charge in [0.25, 0.3) is 12.3 Å². The first-order valence-electron chi connectivity index (χ1n) is 8.40. The van der Waals surface area contributed by atoms with Gasteiger partial charge in [0, 0.05) is 17.1 Å². The summed E-state index contributed by atoms with van der Waals surface area (Å²) >= 11 is 4.06. The SMILES string of the molecule is NC(=O)c1sc2nc(C(F)F)cc(-c3ccco3)c2c1NC(=O)Cn1cc(Br)cn1. The highest BCUT2D eigenvalue weighted by atomic mass is 79.9. The molecule has 30 heavy (non-hydrogen) atoms. The third kappa shape index (κ3) is 3.83. The number of rotatable bonds is 6. The molecule has 2 amide bonds. The Bertz CT molecular complexity index is 1250. The molecule has 4 aromatic rings. The Morgan fingerprint density at radius 1 is 1.40 bits per heavy atom. The Labute approximate surface area is 179 Å². The van der Waals surface area contributed by atoms with E-state index in [-0.39, 0.29) is 33.3 Å². The minimum absolute atomic E-state index is 0.00767. The number of furan rings is 1. The molecule has 12 heteroatoms. The van der Waals surface area contributed by atoms with Gasteiger partial charge in [-0.1, -0.05) is 0 Å². The van der Waals surface area contributed by atoms with Crippen molar-refractivity contribution in [3.8, 4) is 11.3 Å². The van der Waals surface area contributed by atoms with Crippen LogP contribution in [0.15, 0.2) is 45.7 Å². The number of fused-ring (bicyclic) bond motifs is 1. The second-order valence-electron chi connectivity index (χ2n) is 6.13. The van der Waals surface area contributed by atoms with E-state index in [1.165, 1.54) is 23.2 Å². The Kier molecular flexibility index (Phi) is 5.35. The summed E-state index contributed by atoms with van der Waals surface area (Å²) in [5.41, 5.74) is 5.35. The summed E-state index contributed by atoms with van der Waals surface area (Å²) in [5.74, 6) is -1.03. The minimum atomic E-state index is -2.83. The molecule has 0 aliphatic rings. The highest BCUT2D eigenvalue weighted by molar-refractivity contribution is 9.10. The van der Waals surface area contributed by atoms with Crippen molar-refractivity contribution in [3.63, 3.8) is 0 Å². The van der Waals surface area contributed by atoms with E-state index in [2.05, 4.69) is 31.3 Å². The molecule has 0 atom stereocenters. The van der Waals surface area contributed by atoms with Crippen LogP contribution in [-0.2, 0) is 11.3 Å². The number of thiophene rings is 1. The van der Waals surface area contributed by atoms with Gasteiger partial charge < -0.3 is 15.5 Å². The molecule has 0 aliphatic carbocycles. The van der Waals surface area contributed by atoms with Crippen LogP contribution in [0, 0.1) is 0 Å². The van der Waals surface area contributed by atoms with Crippen molar-refractivity contribution >= 4 is 55.0 Å². The van der Waals surface area contributed by atoms with Crippen molar-refractivity contribution in [2.45, 2.75) is 13.0 Å². The molecule has 0 bridgehead atoms. The maximum absolute atomic E-state index is 13.4. The first-order chi connectivity index (χ1) is 14.3. The normalized spacial score (nSPS) is 11.3. The first-order valence-corrected chi connectivity index (χ1v) is 10.0. The van der Waals surface area contributed by atoms with Crippen LogP contribution < -0.4 is 11.1 Å². The molecule has 154 valence electrons. The maximum atomic E-state index is 13.4. The largest absolute Gasteiger partial charge is 0.464 e. The summed E-state index contributed by atoms with van der Waals surface area (Å²) in [6.45, 7) is -0.139. The number of nitrogens with one attached hydrogen (secondary N) is 1. The van der Waals surface area contributed by atoms with E-state index in [0.29, 0.717) is 9.86 Å². The standard InChI is InChI=1S/C18H12BrF2N5O3S/c19-8-5-23-26(6-8)7-12(27)25-14-13-9(11-2-1-3-29-11)4-10(16(20)21)24-18(13)30-15(14)17(22)28/h1-6,16H,7H2,(H2,22,28)(H,25,27). The van der Waals surface area contributed by atoms with Gasteiger partial charge in [0.15, 0.2) is 0 Å². The molecule has 0 radical (unpaired) electrons. The lowest BCUT2D eigenvalue weighted by molar-refractivity contribution is -0.116. The van der Waals surface area contributed by atoms with Crippen LogP contribution in [0.5, 0.6) is 0 Å². The smallest absolute Gasteiger partial charge is 0.280 e. The summed E-state index contributed by atoms with van der Waals surface area (Å²) in [7, 11) is 0. The fourth-order valence-electron chi connectivity index (χ4n) is 2.90. The van der Waals surface area contributed by atoms with Gasteiger partial charge in [-0.3, -0.25) is 14.3 Å². The lowest BCUT2D eigenvalue weighted by Gasteiger charge is -2.09. The molecule has 4 rings (SSSR count). The van der Waals surface area contributed by atoms with Gasteiger partial charge in [0.1, 0.15) is 27.7 Å². The molecule has 0 unspecified atom stereocenters. The number of nitrogens with two attached hydrogens (primary N) is 1. The number of anilines is 1. The van der Waals surface area contributed by atoms with E-state index in [1.54, 1.807) is 18.3 Å². The third-order valence-corrected chi connectivity index (χ3v) is 5.60. The number of carbonyl (C=O) groups excluding carboxylic acids is 2. The Hall–Kier alpha value is -3.12. The molecule has 0 aromatic carbocycles. The Morgan fingerprint density at radius 3 is 2.80 bits per heavy atom. The van der Waals surface area contributed by atoms with Crippen LogP contribution in [0.3, 0.4) is 0 Å². The topological polar surface area (TPSA) is 116 Å². The summed E-state index contributed by atoms with van der Waals surface area (Å²) < 4.78 is 34.2. The van der Waals surface area contributed by atoms with Gasteiger partial charge in [0.2, 0.25) is 5.91 Å². The molecule has 0 saturated heterocycles. The number of halogens is 3. The van der Waals surface area contributed by atoms with Crippen LogP contribution in [0.2, 0.25) is 0 Å².